The lowest BCUT2D eigenvalue weighted by atomic mass is 10.1. The maximum atomic E-state index is 11.2. The normalized spacial score (nSPS) is 13.0. The molecule has 0 fully saturated rings. The van der Waals surface area contributed by atoms with E-state index in [2.05, 4.69) is 6.58 Å². The molecule has 0 aliphatic carbocycles. The van der Waals surface area contributed by atoms with Crippen molar-refractivity contribution in [3.05, 3.63) is 48.6 Å². The topological polar surface area (TPSA) is 61.8 Å². The Hall–Kier alpha value is -2.14. The number of rotatable bonds is 9. The molecule has 0 heterocycles. The van der Waals surface area contributed by atoms with Gasteiger partial charge in [-0.15, -0.1) is 6.58 Å². The van der Waals surface area contributed by atoms with Crippen LogP contribution in [-0.4, -0.2) is 30.8 Å². The first-order valence-electron chi connectivity index (χ1n) is 7.10. The number of ether oxygens (including phenoxy) is 3. The number of carbonyl (C=O) groups excluding carboxylic acids is 2. The first-order chi connectivity index (χ1) is 10.5. The van der Waals surface area contributed by atoms with Crippen LogP contribution in [0.5, 0.6) is 0 Å². The number of hydrogen-bond donors (Lipinski definition) is 0. The van der Waals surface area contributed by atoms with Crippen LogP contribution in [0.1, 0.15) is 25.8 Å². The Morgan fingerprint density at radius 2 is 1.82 bits per heavy atom. The van der Waals surface area contributed by atoms with E-state index in [1.54, 1.807) is 6.08 Å². The summed E-state index contributed by atoms with van der Waals surface area (Å²) in [6.07, 6.45) is 1.07. The van der Waals surface area contributed by atoms with Crippen LogP contribution in [0.3, 0.4) is 0 Å². The average Bonchev–Trinajstić information content (AvgIpc) is 2.48. The summed E-state index contributed by atoms with van der Waals surface area (Å²) in [5, 5.41) is 0. The first-order valence-corrected chi connectivity index (χ1v) is 7.10. The van der Waals surface area contributed by atoms with E-state index in [0.29, 0.717) is 13.0 Å². The summed E-state index contributed by atoms with van der Waals surface area (Å²) in [5.41, 5.74) is 1.01. The van der Waals surface area contributed by atoms with Gasteiger partial charge >= 0.3 is 11.9 Å². The van der Waals surface area contributed by atoms with E-state index < -0.39 is 24.1 Å². The second kappa shape index (κ2) is 9.73. The van der Waals surface area contributed by atoms with Crippen molar-refractivity contribution in [2.24, 2.45) is 0 Å². The van der Waals surface area contributed by atoms with Crippen LogP contribution < -0.4 is 0 Å². The van der Waals surface area contributed by atoms with Gasteiger partial charge in [-0.2, -0.15) is 0 Å². The fourth-order valence-electron chi connectivity index (χ4n) is 1.90. The highest BCUT2D eigenvalue weighted by molar-refractivity contribution is 5.67. The summed E-state index contributed by atoms with van der Waals surface area (Å²) < 4.78 is 16.0. The van der Waals surface area contributed by atoms with Crippen LogP contribution in [0, 0.1) is 0 Å². The Kier molecular flexibility index (Phi) is 7.92. The largest absolute Gasteiger partial charge is 0.462 e. The fourth-order valence-corrected chi connectivity index (χ4v) is 1.90. The van der Waals surface area contributed by atoms with Crippen LogP contribution >= 0.6 is 0 Å². The number of carbonyl (C=O) groups is 2. The molecule has 0 bridgehead atoms. The van der Waals surface area contributed by atoms with E-state index in [-0.39, 0.29) is 6.61 Å². The summed E-state index contributed by atoms with van der Waals surface area (Å²) in [7, 11) is 0. The van der Waals surface area contributed by atoms with Crippen molar-refractivity contribution < 1.29 is 23.8 Å². The molecule has 1 aromatic rings. The summed E-state index contributed by atoms with van der Waals surface area (Å²) in [6.45, 7) is 6.63. The molecule has 1 rings (SSSR count). The minimum absolute atomic E-state index is 0.0395. The van der Waals surface area contributed by atoms with Crippen molar-refractivity contribution in [2.75, 3.05) is 6.61 Å². The Morgan fingerprint density at radius 1 is 1.14 bits per heavy atom. The van der Waals surface area contributed by atoms with Crippen molar-refractivity contribution in [1.82, 2.24) is 0 Å². The van der Waals surface area contributed by atoms with E-state index in [4.69, 9.17) is 14.2 Å². The van der Waals surface area contributed by atoms with Crippen LogP contribution in [0.25, 0.3) is 0 Å². The van der Waals surface area contributed by atoms with E-state index in [1.807, 2.05) is 30.3 Å². The van der Waals surface area contributed by atoms with Crippen LogP contribution in [-0.2, 0) is 30.4 Å². The lowest BCUT2D eigenvalue weighted by Crippen LogP contribution is -2.37. The Bertz CT molecular complexity index is 483. The Morgan fingerprint density at radius 3 is 2.36 bits per heavy atom. The standard InChI is InChI=1S/C17H22O5/c1-4-8-16(21-11-15-9-6-5-7-10-15)17(22-14(3)19)12-20-13(2)18/h4-7,9-10,16-17H,1,8,11-12H2,2-3H3/t16-,17+/m0/s1. The number of benzene rings is 1. The maximum absolute atomic E-state index is 11.2. The molecule has 0 radical (unpaired) electrons. The van der Waals surface area contributed by atoms with Crippen LogP contribution in [0.2, 0.25) is 0 Å². The minimum Gasteiger partial charge on any atom is -0.462 e. The molecule has 5 nitrogen and oxygen atoms in total. The van der Waals surface area contributed by atoms with Gasteiger partial charge in [-0.25, -0.2) is 0 Å². The molecule has 22 heavy (non-hydrogen) atoms. The molecular formula is C17H22O5. The third-order valence-corrected chi connectivity index (χ3v) is 2.89. The predicted octanol–water partition coefficient (Wildman–Crippen LogP) is 2.64. The molecule has 0 saturated carbocycles. The summed E-state index contributed by atoms with van der Waals surface area (Å²) in [5.74, 6) is -0.882. The van der Waals surface area contributed by atoms with Crippen LogP contribution in [0.15, 0.2) is 43.0 Å². The van der Waals surface area contributed by atoms with Crippen molar-refractivity contribution in [1.29, 1.82) is 0 Å². The summed E-state index contributed by atoms with van der Waals surface area (Å²) in [6, 6.07) is 9.65. The van der Waals surface area contributed by atoms with Gasteiger partial charge in [-0.1, -0.05) is 36.4 Å². The van der Waals surface area contributed by atoms with Gasteiger partial charge in [0.15, 0.2) is 6.10 Å². The summed E-state index contributed by atoms with van der Waals surface area (Å²) >= 11 is 0. The smallest absolute Gasteiger partial charge is 0.303 e. The van der Waals surface area contributed by atoms with Gasteiger partial charge in [0.1, 0.15) is 12.7 Å². The zero-order chi connectivity index (χ0) is 16.4. The van der Waals surface area contributed by atoms with E-state index in [1.165, 1.54) is 13.8 Å². The quantitative estimate of drug-likeness (QED) is 0.518. The van der Waals surface area contributed by atoms with Gasteiger partial charge in [0.05, 0.1) is 6.61 Å². The van der Waals surface area contributed by atoms with Gasteiger partial charge in [0.25, 0.3) is 0 Å². The van der Waals surface area contributed by atoms with Crippen molar-refractivity contribution in [3.63, 3.8) is 0 Å². The average molecular weight is 306 g/mol. The van der Waals surface area contributed by atoms with Gasteiger partial charge in [0.2, 0.25) is 0 Å². The monoisotopic (exact) mass is 306 g/mol. The zero-order valence-corrected chi connectivity index (χ0v) is 13.0. The second-order valence-corrected chi connectivity index (χ2v) is 4.81. The molecule has 0 unspecified atom stereocenters. The van der Waals surface area contributed by atoms with E-state index in [0.717, 1.165) is 5.56 Å². The third-order valence-electron chi connectivity index (χ3n) is 2.89. The molecule has 2 atom stereocenters. The molecule has 0 amide bonds. The van der Waals surface area contributed by atoms with Gasteiger partial charge in [-0.05, 0) is 12.0 Å². The van der Waals surface area contributed by atoms with Gasteiger partial charge in [0, 0.05) is 13.8 Å². The molecule has 0 spiro atoms. The molecule has 1 aromatic carbocycles. The molecule has 0 aromatic heterocycles. The molecule has 0 aliphatic rings. The molecule has 5 heteroatoms. The second-order valence-electron chi connectivity index (χ2n) is 4.81. The molecular weight excluding hydrogens is 284 g/mol. The first kappa shape index (κ1) is 17.9. The van der Waals surface area contributed by atoms with Gasteiger partial charge in [-0.3, -0.25) is 9.59 Å². The van der Waals surface area contributed by atoms with Gasteiger partial charge < -0.3 is 14.2 Å². The highest BCUT2D eigenvalue weighted by Crippen LogP contribution is 2.14. The molecule has 0 saturated heterocycles. The Labute approximate surface area is 130 Å². The number of hydrogen-bond acceptors (Lipinski definition) is 5. The molecule has 0 aliphatic heterocycles. The molecule has 0 N–H and O–H groups in total. The van der Waals surface area contributed by atoms with Crippen molar-refractivity contribution >= 4 is 11.9 Å². The SMILES string of the molecule is C=CC[C@H](OCc1ccccc1)[C@@H](COC(C)=O)OC(C)=O. The lowest BCUT2D eigenvalue weighted by molar-refractivity contribution is -0.167. The highest BCUT2D eigenvalue weighted by Gasteiger charge is 2.25. The maximum Gasteiger partial charge on any atom is 0.303 e. The van der Waals surface area contributed by atoms with E-state index in [9.17, 15) is 9.59 Å². The minimum atomic E-state index is -0.664. The zero-order valence-electron chi connectivity index (χ0n) is 13.0. The van der Waals surface area contributed by atoms with Crippen molar-refractivity contribution in [3.8, 4) is 0 Å². The third kappa shape index (κ3) is 7.04. The fraction of sp³-hybridized carbons (Fsp3) is 0.412. The van der Waals surface area contributed by atoms with Crippen LogP contribution in [0.4, 0.5) is 0 Å². The van der Waals surface area contributed by atoms with Crippen molar-refractivity contribution in [2.45, 2.75) is 39.1 Å². The van der Waals surface area contributed by atoms with E-state index >= 15 is 0 Å². The number of esters is 2. The summed E-state index contributed by atoms with van der Waals surface area (Å²) in [4.78, 5) is 22.2. The molecule has 120 valence electrons. The lowest BCUT2D eigenvalue weighted by Gasteiger charge is -2.25. The highest BCUT2D eigenvalue weighted by atomic mass is 16.6. The Balaban J connectivity index is 2.70. The predicted molar refractivity (Wildman–Crippen MR) is 82.0 cm³/mol.